The molecule has 3 rings (SSSR count). The van der Waals surface area contributed by atoms with Crippen LogP contribution < -0.4 is 4.74 Å². The molecule has 0 saturated carbocycles. The smallest absolute Gasteiger partial charge is 0.118 e. The van der Waals surface area contributed by atoms with Crippen LogP contribution in [-0.2, 0) is 4.74 Å². The molecule has 1 heterocycles. The molecule has 1 aromatic carbocycles. The van der Waals surface area contributed by atoms with Crippen molar-refractivity contribution >= 4 is 0 Å². The van der Waals surface area contributed by atoms with E-state index in [2.05, 4.69) is 18.2 Å². The Morgan fingerprint density at radius 1 is 1.24 bits per heavy atom. The largest absolute Gasteiger partial charge is 0.497 e. The number of methoxy groups -OCH3 is 1. The highest BCUT2D eigenvalue weighted by Crippen LogP contribution is 2.43. The molecule has 17 heavy (non-hydrogen) atoms. The summed E-state index contributed by atoms with van der Waals surface area (Å²) < 4.78 is 11.1. The molecule has 0 aromatic heterocycles. The van der Waals surface area contributed by atoms with Crippen LogP contribution >= 0.6 is 0 Å². The van der Waals surface area contributed by atoms with Gasteiger partial charge in [-0.15, -0.1) is 0 Å². The van der Waals surface area contributed by atoms with Gasteiger partial charge in [0.15, 0.2) is 0 Å². The molecule has 90 valence electrons. The number of benzene rings is 1. The Labute approximate surface area is 102 Å². The van der Waals surface area contributed by atoms with E-state index in [1.807, 2.05) is 12.1 Å². The quantitative estimate of drug-likeness (QED) is 0.724. The molecule has 1 fully saturated rings. The zero-order valence-corrected chi connectivity index (χ0v) is 10.2. The highest BCUT2D eigenvalue weighted by molar-refractivity contribution is 5.31. The first kappa shape index (κ1) is 10.8. The van der Waals surface area contributed by atoms with E-state index in [4.69, 9.17) is 9.47 Å². The Hall–Kier alpha value is -1.28. The average Bonchev–Trinajstić information content (AvgIpc) is 2.83. The monoisotopic (exact) mass is 230 g/mol. The first-order valence-electron chi connectivity index (χ1n) is 6.33. The van der Waals surface area contributed by atoms with Gasteiger partial charge in [0.25, 0.3) is 0 Å². The molecule has 1 aliphatic carbocycles. The van der Waals surface area contributed by atoms with Gasteiger partial charge in [-0.3, -0.25) is 0 Å². The summed E-state index contributed by atoms with van der Waals surface area (Å²) in [6.45, 7) is 0.821. The van der Waals surface area contributed by atoms with Crippen molar-refractivity contribution < 1.29 is 9.47 Å². The summed E-state index contributed by atoms with van der Waals surface area (Å²) in [5.41, 5.74) is 2.79. The van der Waals surface area contributed by atoms with Crippen molar-refractivity contribution in [3.63, 3.8) is 0 Å². The van der Waals surface area contributed by atoms with Crippen LogP contribution in [0.4, 0.5) is 0 Å². The van der Waals surface area contributed by atoms with Gasteiger partial charge >= 0.3 is 0 Å². The molecule has 0 N–H and O–H groups in total. The molecule has 1 aromatic rings. The molecule has 0 amide bonds. The molecule has 2 heteroatoms. The third-order valence-electron chi connectivity index (χ3n) is 3.84. The first-order valence-corrected chi connectivity index (χ1v) is 6.33. The maximum absolute atomic E-state index is 5.95. The molecule has 2 nitrogen and oxygen atoms in total. The van der Waals surface area contributed by atoms with Crippen molar-refractivity contribution in [1.82, 2.24) is 0 Å². The number of fused-ring (bicyclic) bond motifs is 1. The number of hydrogen-bond donors (Lipinski definition) is 0. The van der Waals surface area contributed by atoms with Gasteiger partial charge in [0, 0.05) is 5.92 Å². The molecule has 1 aliphatic heterocycles. The van der Waals surface area contributed by atoms with Gasteiger partial charge in [0.2, 0.25) is 0 Å². The summed E-state index contributed by atoms with van der Waals surface area (Å²) in [6.07, 6.45) is 6.42. The second kappa shape index (κ2) is 4.53. The number of ether oxygens (including phenoxy) is 2. The standard InChI is InChI=1S/C15H18O2/c1-16-13-8-6-11(7-9-13)15-14-5-3-2-4-12(14)10-17-15/h4,6-9,14-15H,2-3,5,10H2,1H3/t14-,15+/m1/s1. The predicted molar refractivity (Wildman–Crippen MR) is 67.1 cm³/mol. The van der Waals surface area contributed by atoms with Crippen LogP contribution in [0.25, 0.3) is 0 Å². The number of hydrogen-bond acceptors (Lipinski definition) is 2. The Morgan fingerprint density at radius 3 is 2.82 bits per heavy atom. The molecule has 1 saturated heterocycles. The van der Waals surface area contributed by atoms with Gasteiger partial charge in [0.1, 0.15) is 5.75 Å². The molecule has 2 aliphatic rings. The van der Waals surface area contributed by atoms with Crippen LogP contribution in [0.1, 0.15) is 30.9 Å². The van der Waals surface area contributed by atoms with Gasteiger partial charge in [-0.05, 0) is 42.5 Å². The molecule has 0 unspecified atom stereocenters. The summed E-state index contributed by atoms with van der Waals surface area (Å²) in [7, 11) is 1.70. The van der Waals surface area contributed by atoms with Crippen LogP contribution in [0.5, 0.6) is 5.75 Å². The first-order chi connectivity index (χ1) is 8.38. The summed E-state index contributed by atoms with van der Waals surface area (Å²) in [5.74, 6) is 1.52. The van der Waals surface area contributed by atoms with Gasteiger partial charge < -0.3 is 9.47 Å². The van der Waals surface area contributed by atoms with Crippen LogP contribution in [0.2, 0.25) is 0 Å². The zero-order chi connectivity index (χ0) is 11.7. The van der Waals surface area contributed by atoms with E-state index < -0.39 is 0 Å². The fourth-order valence-corrected chi connectivity index (χ4v) is 2.90. The maximum atomic E-state index is 5.95. The molecule has 2 atom stereocenters. The van der Waals surface area contributed by atoms with E-state index in [0.717, 1.165) is 12.4 Å². The number of rotatable bonds is 2. The van der Waals surface area contributed by atoms with Crippen molar-refractivity contribution in [2.24, 2.45) is 5.92 Å². The van der Waals surface area contributed by atoms with Gasteiger partial charge in [-0.1, -0.05) is 18.2 Å². The molecule has 0 radical (unpaired) electrons. The van der Waals surface area contributed by atoms with Crippen molar-refractivity contribution in [1.29, 1.82) is 0 Å². The van der Waals surface area contributed by atoms with Crippen molar-refractivity contribution in [3.8, 4) is 5.75 Å². The normalized spacial score (nSPS) is 27.5. The number of allylic oxidation sites excluding steroid dienone is 1. The maximum Gasteiger partial charge on any atom is 0.118 e. The highest BCUT2D eigenvalue weighted by atomic mass is 16.5. The lowest BCUT2D eigenvalue weighted by Crippen LogP contribution is -2.11. The SMILES string of the molecule is COc1ccc([C@@H]2OCC3=CCCC[C@H]32)cc1. The third-order valence-corrected chi connectivity index (χ3v) is 3.84. The molecule has 0 bridgehead atoms. The molecule has 0 spiro atoms. The van der Waals surface area contributed by atoms with E-state index in [9.17, 15) is 0 Å². The lowest BCUT2D eigenvalue weighted by Gasteiger charge is -2.22. The molecular formula is C15H18O2. The van der Waals surface area contributed by atoms with Gasteiger partial charge in [-0.2, -0.15) is 0 Å². The van der Waals surface area contributed by atoms with E-state index in [0.29, 0.717) is 5.92 Å². The minimum Gasteiger partial charge on any atom is -0.497 e. The van der Waals surface area contributed by atoms with Crippen molar-refractivity contribution in [2.45, 2.75) is 25.4 Å². The summed E-state index contributed by atoms with van der Waals surface area (Å²) >= 11 is 0. The van der Waals surface area contributed by atoms with Crippen molar-refractivity contribution in [2.75, 3.05) is 13.7 Å². The van der Waals surface area contributed by atoms with E-state index in [-0.39, 0.29) is 6.10 Å². The third kappa shape index (κ3) is 1.98. The van der Waals surface area contributed by atoms with Crippen molar-refractivity contribution in [3.05, 3.63) is 41.5 Å². The minimum absolute atomic E-state index is 0.257. The van der Waals surface area contributed by atoms with Gasteiger partial charge in [0.05, 0.1) is 19.8 Å². The summed E-state index contributed by atoms with van der Waals surface area (Å²) in [5, 5.41) is 0. The van der Waals surface area contributed by atoms with E-state index in [1.54, 1.807) is 7.11 Å². The molecular weight excluding hydrogens is 212 g/mol. The highest BCUT2D eigenvalue weighted by Gasteiger charge is 2.34. The summed E-state index contributed by atoms with van der Waals surface area (Å²) in [6, 6.07) is 8.29. The van der Waals surface area contributed by atoms with Crippen LogP contribution in [0.15, 0.2) is 35.9 Å². The van der Waals surface area contributed by atoms with E-state index in [1.165, 1.54) is 30.4 Å². The lowest BCUT2D eigenvalue weighted by molar-refractivity contribution is 0.0886. The Balaban J connectivity index is 1.84. The fraction of sp³-hybridized carbons (Fsp3) is 0.467. The van der Waals surface area contributed by atoms with Crippen LogP contribution in [0.3, 0.4) is 0 Å². The summed E-state index contributed by atoms with van der Waals surface area (Å²) in [4.78, 5) is 0. The second-order valence-corrected chi connectivity index (χ2v) is 4.82. The zero-order valence-electron chi connectivity index (χ0n) is 10.2. The Bertz CT molecular complexity index is 419. The van der Waals surface area contributed by atoms with Crippen LogP contribution in [0, 0.1) is 5.92 Å². The van der Waals surface area contributed by atoms with Gasteiger partial charge in [-0.25, -0.2) is 0 Å². The topological polar surface area (TPSA) is 18.5 Å². The Morgan fingerprint density at radius 2 is 2.06 bits per heavy atom. The predicted octanol–water partition coefficient (Wildman–Crippen LogP) is 3.49. The Kier molecular flexibility index (Phi) is 2.89. The minimum atomic E-state index is 0.257. The lowest BCUT2D eigenvalue weighted by atomic mass is 9.83. The fourth-order valence-electron chi connectivity index (χ4n) is 2.90. The van der Waals surface area contributed by atoms with Crippen LogP contribution in [-0.4, -0.2) is 13.7 Å². The second-order valence-electron chi connectivity index (χ2n) is 4.82. The van der Waals surface area contributed by atoms with E-state index >= 15 is 0 Å². The average molecular weight is 230 g/mol.